The maximum absolute atomic E-state index is 12.5. The van der Waals surface area contributed by atoms with Gasteiger partial charge in [0.1, 0.15) is 11.5 Å². The molecule has 0 atom stereocenters. The van der Waals surface area contributed by atoms with Crippen LogP contribution in [0.1, 0.15) is 16.6 Å². The van der Waals surface area contributed by atoms with Crippen LogP contribution >= 0.6 is 11.3 Å². The molecule has 3 aromatic rings. The van der Waals surface area contributed by atoms with Crippen molar-refractivity contribution in [1.29, 1.82) is 0 Å². The van der Waals surface area contributed by atoms with Crippen molar-refractivity contribution in [3.8, 4) is 38.8 Å². The number of ether oxygens (including phenoxy) is 3. The number of hydrogen-bond donors (Lipinski definition) is 2. The van der Waals surface area contributed by atoms with Crippen molar-refractivity contribution in [2.45, 2.75) is 6.92 Å². The molecule has 0 aliphatic carbocycles. The number of carbonyl (C=O) groups excluding carboxylic acids is 2. The molecule has 30 heavy (non-hydrogen) atoms. The molecule has 0 aliphatic heterocycles. The lowest BCUT2D eigenvalue weighted by Gasteiger charge is -2.11. The maximum atomic E-state index is 12.5. The van der Waals surface area contributed by atoms with E-state index in [0.717, 1.165) is 11.3 Å². The number of methoxy groups -OCH3 is 1. The molecule has 0 aliphatic rings. The van der Waals surface area contributed by atoms with E-state index >= 15 is 0 Å². The Morgan fingerprint density at radius 2 is 1.63 bits per heavy atom. The van der Waals surface area contributed by atoms with E-state index in [4.69, 9.17) is 14.2 Å². The largest absolute Gasteiger partial charge is 0.508 e. The number of esters is 2. The molecule has 1 aromatic heterocycles. The first-order chi connectivity index (χ1) is 14.4. The van der Waals surface area contributed by atoms with Gasteiger partial charge < -0.3 is 24.4 Å². The van der Waals surface area contributed by atoms with E-state index in [2.05, 4.69) is 0 Å². The van der Waals surface area contributed by atoms with Gasteiger partial charge in [0.05, 0.1) is 13.7 Å². The fourth-order valence-corrected chi connectivity index (χ4v) is 4.07. The highest BCUT2D eigenvalue weighted by Gasteiger charge is 2.28. The minimum Gasteiger partial charge on any atom is -0.508 e. The van der Waals surface area contributed by atoms with Gasteiger partial charge in [0.15, 0.2) is 17.2 Å². The second kappa shape index (κ2) is 9.32. The summed E-state index contributed by atoms with van der Waals surface area (Å²) in [7, 11) is 1.25. The average Bonchev–Trinajstić information content (AvgIpc) is 3.11. The molecule has 0 spiro atoms. The van der Waals surface area contributed by atoms with Crippen LogP contribution in [0.3, 0.4) is 0 Å². The van der Waals surface area contributed by atoms with Gasteiger partial charge in [0.25, 0.3) is 0 Å². The highest BCUT2D eigenvalue weighted by molar-refractivity contribution is 7.18. The van der Waals surface area contributed by atoms with Gasteiger partial charge in [-0.25, -0.2) is 9.59 Å². The smallest absolute Gasteiger partial charge is 0.351 e. The van der Waals surface area contributed by atoms with Gasteiger partial charge >= 0.3 is 11.9 Å². The van der Waals surface area contributed by atoms with Crippen LogP contribution < -0.4 is 4.74 Å². The normalized spacial score (nSPS) is 10.5. The van der Waals surface area contributed by atoms with Crippen molar-refractivity contribution >= 4 is 23.3 Å². The first-order valence-corrected chi connectivity index (χ1v) is 9.88. The van der Waals surface area contributed by atoms with Crippen LogP contribution in [0.25, 0.3) is 21.6 Å². The molecular formula is C22H20O7S. The van der Waals surface area contributed by atoms with Gasteiger partial charge in [-0.15, -0.1) is 11.3 Å². The first kappa shape index (κ1) is 21.2. The van der Waals surface area contributed by atoms with E-state index in [1.807, 2.05) is 0 Å². The second-order valence-corrected chi connectivity index (χ2v) is 7.17. The molecule has 156 valence electrons. The van der Waals surface area contributed by atoms with E-state index < -0.39 is 18.5 Å². The molecule has 0 bridgehead atoms. The summed E-state index contributed by atoms with van der Waals surface area (Å²) in [6, 6.07) is 13.0. The Labute approximate surface area is 177 Å². The third-order valence-corrected chi connectivity index (χ3v) is 5.32. The Kier molecular flexibility index (Phi) is 6.58. The number of phenolic OH excluding ortho intramolecular Hbond substituents is 2. The van der Waals surface area contributed by atoms with Gasteiger partial charge in [-0.2, -0.15) is 0 Å². The average molecular weight is 428 g/mol. The zero-order chi connectivity index (χ0) is 21.7. The third-order valence-electron chi connectivity index (χ3n) is 4.12. The van der Waals surface area contributed by atoms with E-state index in [1.54, 1.807) is 37.3 Å². The number of carbonyl (C=O) groups is 2. The maximum Gasteiger partial charge on any atom is 0.351 e. The Morgan fingerprint density at radius 1 is 1.00 bits per heavy atom. The molecule has 0 fully saturated rings. The lowest BCUT2D eigenvalue weighted by atomic mass is 10.0. The van der Waals surface area contributed by atoms with Crippen LogP contribution in [0.4, 0.5) is 0 Å². The molecule has 7 nitrogen and oxygen atoms in total. The molecule has 2 aromatic carbocycles. The van der Waals surface area contributed by atoms with Gasteiger partial charge in [0, 0.05) is 10.4 Å². The highest BCUT2D eigenvalue weighted by atomic mass is 32.1. The standard InChI is InChI=1S/C22H20O7S/c1-3-28-17(25)12-29-19-18(13-6-4-8-15(23)10-13)20(30-21(19)22(26)27-2)14-7-5-9-16(24)11-14/h4-11,23-24H,3,12H2,1-2H3. The number of rotatable bonds is 7. The predicted octanol–water partition coefficient (Wildman–Crippen LogP) is 4.22. The fraction of sp³-hybridized carbons (Fsp3) is 0.182. The lowest BCUT2D eigenvalue weighted by Crippen LogP contribution is -2.15. The van der Waals surface area contributed by atoms with Gasteiger partial charge in [-0.1, -0.05) is 24.3 Å². The molecule has 0 unspecified atom stereocenters. The van der Waals surface area contributed by atoms with Crippen LogP contribution in [-0.2, 0) is 14.3 Å². The summed E-state index contributed by atoms with van der Waals surface area (Å²) in [6.07, 6.45) is 0. The van der Waals surface area contributed by atoms with Crippen molar-refractivity contribution in [3.05, 3.63) is 53.4 Å². The molecule has 1 heterocycles. The zero-order valence-electron chi connectivity index (χ0n) is 16.4. The first-order valence-electron chi connectivity index (χ1n) is 9.07. The van der Waals surface area contributed by atoms with Crippen LogP contribution in [0.2, 0.25) is 0 Å². The summed E-state index contributed by atoms with van der Waals surface area (Å²) in [5, 5.41) is 19.9. The predicted molar refractivity (Wildman–Crippen MR) is 112 cm³/mol. The van der Waals surface area contributed by atoms with E-state index in [9.17, 15) is 19.8 Å². The molecule has 2 N–H and O–H groups in total. The summed E-state index contributed by atoms with van der Waals surface area (Å²) in [5.74, 6) is -0.997. The Hall–Kier alpha value is -3.52. The fourth-order valence-electron chi connectivity index (χ4n) is 2.89. The minimum absolute atomic E-state index is 0.0246. The summed E-state index contributed by atoms with van der Waals surface area (Å²) >= 11 is 1.10. The second-order valence-electron chi connectivity index (χ2n) is 6.15. The molecule has 3 rings (SSSR count). The number of phenols is 2. The molecular weight excluding hydrogens is 408 g/mol. The van der Waals surface area contributed by atoms with Crippen LogP contribution in [0.15, 0.2) is 48.5 Å². The quantitative estimate of drug-likeness (QED) is 0.543. The zero-order valence-corrected chi connectivity index (χ0v) is 17.2. The number of hydrogen-bond acceptors (Lipinski definition) is 8. The van der Waals surface area contributed by atoms with Crippen molar-refractivity contribution < 1.29 is 34.0 Å². The van der Waals surface area contributed by atoms with Crippen molar-refractivity contribution in [2.75, 3.05) is 20.3 Å². The van der Waals surface area contributed by atoms with Crippen molar-refractivity contribution in [1.82, 2.24) is 0 Å². The van der Waals surface area contributed by atoms with E-state index in [-0.39, 0.29) is 28.7 Å². The highest BCUT2D eigenvalue weighted by Crippen LogP contribution is 2.49. The molecule has 0 radical (unpaired) electrons. The summed E-state index contributed by atoms with van der Waals surface area (Å²) < 4.78 is 15.5. The minimum atomic E-state index is -0.633. The number of thiophene rings is 1. The Bertz CT molecular complexity index is 1070. The van der Waals surface area contributed by atoms with E-state index in [0.29, 0.717) is 21.6 Å². The number of aromatic hydroxyl groups is 2. The van der Waals surface area contributed by atoms with E-state index in [1.165, 1.54) is 25.3 Å². The Morgan fingerprint density at radius 3 is 2.23 bits per heavy atom. The van der Waals surface area contributed by atoms with Crippen molar-refractivity contribution in [2.24, 2.45) is 0 Å². The SMILES string of the molecule is CCOC(=O)COc1c(C(=O)OC)sc(-c2cccc(O)c2)c1-c1cccc(O)c1. The summed E-state index contributed by atoms with van der Waals surface area (Å²) in [4.78, 5) is 25.1. The van der Waals surface area contributed by atoms with Crippen LogP contribution in [0.5, 0.6) is 17.2 Å². The van der Waals surface area contributed by atoms with Crippen LogP contribution in [-0.4, -0.2) is 42.5 Å². The molecule has 8 heteroatoms. The number of benzene rings is 2. The summed E-state index contributed by atoms with van der Waals surface area (Å²) in [6.45, 7) is 1.48. The summed E-state index contributed by atoms with van der Waals surface area (Å²) in [5.41, 5.74) is 1.69. The van der Waals surface area contributed by atoms with Gasteiger partial charge in [-0.05, 0) is 42.3 Å². The van der Waals surface area contributed by atoms with Gasteiger partial charge in [-0.3, -0.25) is 0 Å². The molecule has 0 amide bonds. The molecule has 0 saturated carbocycles. The van der Waals surface area contributed by atoms with Crippen LogP contribution in [0, 0.1) is 0 Å². The monoisotopic (exact) mass is 428 g/mol. The third kappa shape index (κ3) is 4.55. The van der Waals surface area contributed by atoms with Crippen molar-refractivity contribution in [3.63, 3.8) is 0 Å². The molecule has 0 saturated heterocycles. The lowest BCUT2D eigenvalue weighted by molar-refractivity contribution is -0.145. The van der Waals surface area contributed by atoms with Gasteiger partial charge in [0.2, 0.25) is 0 Å². The Balaban J connectivity index is 2.23. The topological polar surface area (TPSA) is 102 Å².